The molecule has 0 aromatic heterocycles. The van der Waals surface area contributed by atoms with Gasteiger partial charge in [-0.15, -0.1) is 0 Å². The van der Waals surface area contributed by atoms with Crippen molar-refractivity contribution in [3.05, 3.63) is 23.5 Å². The maximum Gasteiger partial charge on any atom is 0.0962 e. The highest BCUT2D eigenvalue weighted by molar-refractivity contribution is 5.32. The number of allylic oxidation sites excluding steroid dienone is 4. The third-order valence-electron chi connectivity index (χ3n) is 7.73. The van der Waals surface area contributed by atoms with Gasteiger partial charge in [0, 0.05) is 11.8 Å². The third-order valence-corrected chi connectivity index (χ3v) is 7.73. The van der Waals surface area contributed by atoms with Crippen LogP contribution in [0.5, 0.6) is 0 Å². The van der Waals surface area contributed by atoms with E-state index in [1.807, 2.05) is 6.92 Å². The van der Waals surface area contributed by atoms with Crippen LogP contribution in [0.2, 0.25) is 0 Å². The molecule has 2 saturated carbocycles. The van der Waals surface area contributed by atoms with Gasteiger partial charge >= 0.3 is 0 Å². The summed E-state index contributed by atoms with van der Waals surface area (Å²) in [6, 6.07) is 0. The molecule has 134 valence electrons. The van der Waals surface area contributed by atoms with E-state index in [2.05, 4.69) is 19.1 Å². The molecule has 0 aromatic carbocycles. The van der Waals surface area contributed by atoms with Crippen molar-refractivity contribution in [3.63, 3.8) is 0 Å². The lowest BCUT2D eigenvalue weighted by molar-refractivity contribution is -0.122. The van der Waals surface area contributed by atoms with Crippen LogP contribution >= 0.6 is 0 Å². The van der Waals surface area contributed by atoms with Gasteiger partial charge in [-0.25, -0.2) is 0 Å². The van der Waals surface area contributed by atoms with Crippen LogP contribution in [-0.4, -0.2) is 29.0 Å². The topological polar surface area (TPSA) is 49.7 Å². The minimum absolute atomic E-state index is 0.0348. The van der Waals surface area contributed by atoms with E-state index in [1.165, 1.54) is 5.57 Å². The highest BCUT2D eigenvalue weighted by Gasteiger charge is 2.59. The van der Waals surface area contributed by atoms with Crippen LogP contribution in [0.4, 0.5) is 0 Å². The van der Waals surface area contributed by atoms with Crippen LogP contribution < -0.4 is 0 Å². The maximum atomic E-state index is 11.1. The Labute approximate surface area is 145 Å². The predicted molar refractivity (Wildman–Crippen MR) is 94.2 cm³/mol. The Morgan fingerprint density at radius 1 is 1.21 bits per heavy atom. The second kappa shape index (κ2) is 6.17. The SMILES string of the molecule is CCOC1=CC2=CCC3C(C(O)C[C@]4(CC)C(O)CCC34)C2CC1. The molecule has 0 bridgehead atoms. The summed E-state index contributed by atoms with van der Waals surface area (Å²) in [5, 5.41) is 21.7. The summed E-state index contributed by atoms with van der Waals surface area (Å²) in [4.78, 5) is 0. The van der Waals surface area contributed by atoms with Crippen molar-refractivity contribution in [1.29, 1.82) is 0 Å². The molecule has 0 amide bonds. The summed E-state index contributed by atoms with van der Waals surface area (Å²) in [7, 11) is 0. The molecule has 4 rings (SSSR count). The molecule has 7 atom stereocenters. The first kappa shape index (κ1) is 16.7. The fourth-order valence-corrected chi connectivity index (χ4v) is 6.72. The molecular weight excluding hydrogens is 300 g/mol. The van der Waals surface area contributed by atoms with Crippen LogP contribution in [0.1, 0.15) is 58.8 Å². The maximum absolute atomic E-state index is 11.1. The number of aliphatic hydroxyl groups is 2. The van der Waals surface area contributed by atoms with Crippen LogP contribution in [0.15, 0.2) is 23.5 Å². The van der Waals surface area contributed by atoms with Crippen molar-refractivity contribution in [2.24, 2.45) is 29.1 Å². The van der Waals surface area contributed by atoms with E-state index >= 15 is 0 Å². The second-order valence-corrected chi connectivity index (χ2v) is 8.43. The van der Waals surface area contributed by atoms with E-state index in [0.29, 0.717) is 23.7 Å². The van der Waals surface area contributed by atoms with E-state index in [-0.39, 0.29) is 17.6 Å². The Balaban J connectivity index is 1.65. The van der Waals surface area contributed by atoms with Crippen molar-refractivity contribution >= 4 is 0 Å². The van der Waals surface area contributed by atoms with Gasteiger partial charge in [0.25, 0.3) is 0 Å². The number of fused-ring (bicyclic) bond motifs is 5. The molecule has 24 heavy (non-hydrogen) atoms. The first-order chi connectivity index (χ1) is 11.6. The molecule has 4 aliphatic rings. The zero-order valence-electron chi connectivity index (χ0n) is 15.1. The summed E-state index contributed by atoms with van der Waals surface area (Å²) in [6.45, 7) is 4.98. The number of ether oxygens (including phenoxy) is 1. The molecular formula is C21H32O3. The zero-order valence-corrected chi connectivity index (χ0v) is 15.1. The van der Waals surface area contributed by atoms with Crippen molar-refractivity contribution in [2.75, 3.05) is 6.61 Å². The molecule has 3 nitrogen and oxygen atoms in total. The Morgan fingerprint density at radius 2 is 2.04 bits per heavy atom. The second-order valence-electron chi connectivity index (χ2n) is 8.43. The molecule has 2 N–H and O–H groups in total. The average Bonchev–Trinajstić information content (AvgIpc) is 2.92. The van der Waals surface area contributed by atoms with Gasteiger partial charge in [-0.1, -0.05) is 13.0 Å². The van der Waals surface area contributed by atoms with Gasteiger partial charge in [0.1, 0.15) is 0 Å². The van der Waals surface area contributed by atoms with E-state index in [1.54, 1.807) is 0 Å². The number of hydrogen-bond acceptors (Lipinski definition) is 3. The normalized spacial score (nSPS) is 47.2. The van der Waals surface area contributed by atoms with E-state index < -0.39 is 0 Å². The first-order valence-electron chi connectivity index (χ1n) is 10.00. The Bertz CT molecular complexity index is 551. The molecule has 0 saturated heterocycles. The zero-order chi connectivity index (χ0) is 16.9. The predicted octanol–water partition coefficient (Wildman–Crippen LogP) is 3.81. The lowest BCUT2D eigenvalue weighted by Crippen LogP contribution is -2.54. The average molecular weight is 332 g/mol. The molecule has 0 radical (unpaired) electrons. The molecule has 4 aliphatic carbocycles. The smallest absolute Gasteiger partial charge is 0.0962 e. The van der Waals surface area contributed by atoms with Gasteiger partial charge in [0.05, 0.1) is 24.6 Å². The lowest BCUT2D eigenvalue weighted by Gasteiger charge is -2.55. The Hall–Kier alpha value is -0.800. The van der Waals surface area contributed by atoms with Gasteiger partial charge in [0.15, 0.2) is 0 Å². The van der Waals surface area contributed by atoms with Gasteiger partial charge in [-0.05, 0) is 80.8 Å². The number of aliphatic hydroxyl groups excluding tert-OH is 2. The summed E-state index contributed by atoms with van der Waals surface area (Å²) >= 11 is 0. The summed E-state index contributed by atoms with van der Waals surface area (Å²) < 4.78 is 5.74. The van der Waals surface area contributed by atoms with Crippen molar-refractivity contribution in [1.82, 2.24) is 0 Å². The fraction of sp³-hybridized carbons (Fsp3) is 0.810. The minimum Gasteiger partial charge on any atom is -0.498 e. The van der Waals surface area contributed by atoms with Gasteiger partial charge in [0.2, 0.25) is 0 Å². The van der Waals surface area contributed by atoms with Crippen molar-refractivity contribution in [3.8, 4) is 0 Å². The van der Waals surface area contributed by atoms with Gasteiger partial charge < -0.3 is 14.9 Å². The quantitative estimate of drug-likeness (QED) is 0.826. The van der Waals surface area contributed by atoms with Crippen LogP contribution in [0.3, 0.4) is 0 Å². The van der Waals surface area contributed by atoms with E-state index in [9.17, 15) is 10.2 Å². The molecule has 0 spiro atoms. The molecule has 3 heteroatoms. The first-order valence-corrected chi connectivity index (χ1v) is 10.00. The Morgan fingerprint density at radius 3 is 2.79 bits per heavy atom. The van der Waals surface area contributed by atoms with Gasteiger partial charge in [-0.2, -0.15) is 0 Å². The molecule has 0 aromatic rings. The monoisotopic (exact) mass is 332 g/mol. The lowest BCUT2D eigenvalue weighted by atomic mass is 9.51. The third kappa shape index (κ3) is 2.31. The van der Waals surface area contributed by atoms with Crippen LogP contribution in [0, 0.1) is 29.1 Å². The standard InChI is InChI=1S/C21H32O3/c1-3-21-12-18(22)20-15-8-6-14(24-4-2)11-13(15)5-7-16(20)17(21)9-10-19(21)23/h5,11,15-20,22-23H,3-4,6-10,12H2,1-2H3/t15?,16?,17?,18?,19?,20?,21-/m0/s1. The number of rotatable bonds is 3. The molecule has 2 fully saturated rings. The van der Waals surface area contributed by atoms with Crippen LogP contribution in [-0.2, 0) is 4.74 Å². The summed E-state index contributed by atoms with van der Waals surface area (Å²) in [5.74, 6) is 3.10. The molecule has 0 heterocycles. The highest BCUT2D eigenvalue weighted by atomic mass is 16.5. The van der Waals surface area contributed by atoms with Crippen molar-refractivity contribution in [2.45, 2.75) is 71.0 Å². The van der Waals surface area contributed by atoms with Crippen molar-refractivity contribution < 1.29 is 14.9 Å². The van der Waals surface area contributed by atoms with E-state index in [4.69, 9.17) is 4.74 Å². The summed E-state index contributed by atoms with van der Waals surface area (Å²) in [5.41, 5.74) is 1.36. The Kier molecular flexibility index (Phi) is 4.29. The highest BCUT2D eigenvalue weighted by Crippen LogP contribution is 2.62. The van der Waals surface area contributed by atoms with Crippen LogP contribution in [0.25, 0.3) is 0 Å². The summed E-state index contributed by atoms with van der Waals surface area (Å²) in [6.07, 6.45) is 11.2. The van der Waals surface area contributed by atoms with Gasteiger partial charge in [-0.3, -0.25) is 0 Å². The number of hydrogen-bond donors (Lipinski definition) is 2. The molecule has 6 unspecified atom stereocenters. The fourth-order valence-electron chi connectivity index (χ4n) is 6.72. The molecule has 0 aliphatic heterocycles. The largest absolute Gasteiger partial charge is 0.498 e. The van der Waals surface area contributed by atoms with E-state index in [0.717, 1.165) is 57.3 Å². The minimum atomic E-state index is -0.269.